The summed E-state index contributed by atoms with van der Waals surface area (Å²) in [5.74, 6) is 2.21. The molecule has 0 aliphatic rings. The van der Waals surface area contributed by atoms with Gasteiger partial charge in [-0.1, -0.05) is 26.0 Å². The van der Waals surface area contributed by atoms with Crippen LogP contribution in [0.5, 0.6) is 11.5 Å². The van der Waals surface area contributed by atoms with Crippen molar-refractivity contribution in [2.24, 2.45) is 5.92 Å². The second kappa shape index (κ2) is 7.75. The Labute approximate surface area is 109 Å². The van der Waals surface area contributed by atoms with Gasteiger partial charge in [-0.05, 0) is 24.5 Å². The van der Waals surface area contributed by atoms with E-state index in [2.05, 4.69) is 13.8 Å². The van der Waals surface area contributed by atoms with Gasteiger partial charge < -0.3 is 9.47 Å². The molecule has 0 aliphatic heterocycles. The van der Waals surface area contributed by atoms with Crippen LogP contribution in [0.3, 0.4) is 0 Å². The number of benzene rings is 1. The Kier molecular flexibility index (Phi) is 6.26. The molecule has 3 heteroatoms. The van der Waals surface area contributed by atoms with Crippen molar-refractivity contribution < 1.29 is 14.3 Å². The van der Waals surface area contributed by atoms with Gasteiger partial charge in [0.05, 0.1) is 13.7 Å². The number of hydrogen-bond donors (Lipinski definition) is 0. The predicted octanol–water partition coefficient (Wildman–Crippen LogP) is 3.47. The van der Waals surface area contributed by atoms with Crippen LogP contribution < -0.4 is 9.47 Å². The maximum atomic E-state index is 11.5. The van der Waals surface area contributed by atoms with E-state index >= 15 is 0 Å². The average molecular weight is 250 g/mol. The van der Waals surface area contributed by atoms with Crippen molar-refractivity contribution in [2.75, 3.05) is 13.7 Å². The number of para-hydroxylation sites is 2. The van der Waals surface area contributed by atoms with Crippen LogP contribution >= 0.6 is 0 Å². The number of hydrogen-bond acceptors (Lipinski definition) is 3. The Hall–Kier alpha value is -1.51. The summed E-state index contributed by atoms with van der Waals surface area (Å²) in [7, 11) is 1.62. The van der Waals surface area contributed by atoms with Crippen LogP contribution in [-0.2, 0) is 4.79 Å². The molecule has 0 bridgehead atoms. The van der Waals surface area contributed by atoms with E-state index in [0.717, 1.165) is 17.9 Å². The fourth-order valence-corrected chi connectivity index (χ4v) is 1.75. The molecular formula is C15H22O3. The fourth-order valence-electron chi connectivity index (χ4n) is 1.75. The van der Waals surface area contributed by atoms with Crippen LogP contribution in [0.25, 0.3) is 0 Å². The molecule has 0 N–H and O–H groups in total. The molecule has 0 saturated heterocycles. The molecule has 100 valence electrons. The highest BCUT2D eigenvalue weighted by Gasteiger charge is 2.06. The first-order valence-electron chi connectivity index (χ1n) is 6.41. The predicted molar refractivity (Wildman–Crippen MR) is 72.2 cm³/mol. The van der Waals surface area contributed by atoms with E-state index in [4.69, 9.17) is 9.47 Å². The fraction of sp³-hybridized carbons (Fsp3) is 0.533. The molecule has 0 radical (unpaired) electrons. The molecule has 18 heavy (non-hydrogen) atoms. The molecule has 0 aromatic heterocycles. The van der Waals surface area contributed by atoms with E-state index < -0.39 is 0 Å². The Morgan fingerprint density at radius 3 is 2.50 bits per heavy atom. The summed E-state index contributed by atoms with van der Waals surface area (Å²) in [6.07, 6.45) is 2.01. The maximum absolute atomic E-state index is 11.5. The summed E-state index contributed by atoms with van der Waals surface area (Å²) >= 11 is 0. The Morgan fingerprint density at radius 1 is 1.22 bits per heavy atom. The molecule has 0 heterocycles. The van der Waals surface area contributed by atoms with Gasteiger partial charge in [0.2, 0.25) is 0 Å². The van der Waals surface area contributed by atoms with Gasteiger partial charge in [-0.15, -0.1) is 0 Å². The van der Waals surface area contributed by atoms with Gasteiger partial charge in [-0.2, -0.15) is 0 Å². The summed E-state index contributed by atoms with van der Waals surface area (Å²) < 4.78 is 10.8. The van der Waals surface area contributed by atoms with Crippen LogP contribution in [0.2, 0.25) is 0 Å². The van der Waals surface area contributed by atoms with Gasteiger partial charge in [0.25, 0.3) is 0 Å². The molecule has 0 fully saturated rings. The number of Topliss-reactive ketones (excluding diaryl/α,β-unsaturated/α-hetero) is 1. The lowest BCUT2D eigenvalue weighted by molar-refractivity contribution is -0.119. The molecule has 1 rings (SSSR count). The third kappa shape index (κ3) is 5.21. The van der Waals surface area contributed by atoms with E-state index in [1.54, 1.807) is 7.11 Å². The number of ether oxygens (including phenoxy) is 2. The maximum Gasteiger partial charge on any atom is 0.161 e. The van der Waals surface area contributed by atoms with Crippen LogP contribution in [0.4, 0.5) is 0 Å². The molecule has 0 unspecified atom stereocenters. The standard InChI is InChI=1S/C15H22O3/c1-12(2)11-13(16)7-6-10-18-15-9-5-4-8-14(15)17-3/h4-5,8-9,12H,6-7,10-11H2,1-3H3. The summed E-state index contributed by atoms with van der Waals surface area (Å²) in [5.41, 5.74) is 0. The normalized spacial score (nSPS) is 10.4. The Balaban J connectivity index is 2.27. The molecule has 0 amide bonds. The van der Waals surface area contributed by atoms with Crippen molar-refractivity contribution >= 4 is 5.78 Å². The number of carbonyl (C=O) groups excluding carboxylic acids is 1. The Morgan fingerprint density at radius 2 is 1.89 bits per heavy atom. The number of methoxy groups -OCH3 is 1. The zero-order valence-electron chi connectivity index (χ0n) is 11.4. The summed E-state index contributed by atoms with van der Waals surface area (Å²) in [4.78, 5) is 11.5. The SMILES string of the molecule is COc1ccccc1OCCCC(=O)CC(C)C. The smallest absolute Gasteiger partial charge is 0.161 e. The van der Waals surface area contributed by atoms with Gasteiger partial charge in [0.15, 0.2) is 11.5 Å². The van der Waals surface area contributed by atoms with Crippen molar-refractivity contribution in [3.8, 4) is 11.5 Å². The lowest BCUT2D eigenvalue weighted by atomic mass is 10.0. The molecule has 0 atom stereocenters. The zero-order valence-corrected chi connectivity index (χ0v) is 11.4. The summed E-state index contributed by atoms with van der Waals surface area (Å²) in [6, 6.07) is 7.54. The molecular weight excluding hydrogens is 228 g/mol. The first-order valence-corrected chi connectivity index (χ1v) is 6.41. The largest absolute Gasteiger partial charge is 0.493 e. The molecule has 0 saturated carbocycles. The van der Waals surface area contributed by atoms with E-state index in [9.17, 15) is 4.79 Å². The molecule has 0 spiro atoms. The van der Waals surface area contributed by atoms with E-state index in [1.807, 2.05) is 24.3 Å². The van der Waals surface area contributed by atoms with Crippen molar-refractivity contribution in [1.29, 1.82) is 0 Å². The minimum absolute atomic E-state index is 0.314. The van der Waals surface area contributed by atoms with Gasteiger partial charge in [-0.3, -0.25) is 4.79 Å². The highest BCUT2D eigenvalue weighted by molar-refractivity contribution is 5.78. The topological polar surface area (TPSA) is 35.5 Å². The third-order valence-corrected chi connectivity index (χ3v) is 2.56. The lowest BCUT2D eigenvalue weighted by Crippen LogP contribution is -2.06. The first-order chi connectivity index (χ1) is 8.63. The number of carbonyl (C=O) groups is 1. The second-order valence-corrected chi connectivity index (χ2v) is 4.74. The average Bonchev–Trinajstić information content (AvgIpc) is 2.34. The van der Waals surface area contributed by atoms with E-state index in [0.29, 0.717) is 31.1 Å². The highest BCUT2D eigenvalue weighted by Crippen LogP contribution is 2.25. The van der Waals surface area contributed by atoms with Gasteiger partial charge in [0, 0.05) is 12.8 Å². The van der Waals surface area contributed by atoms with E-state index in [1.165, 1.54) is 0 Å². The monoisotopic (exact) mass is 250 g/mol. The highest BCUT2D eigenvalue weighted by atomic mass is 16.5. The van der Waals surface area contributed by atoms with Gasteiger partial charge in [0.1, 0.15) is 5.78 Å². The molecule has 3 nitrogen and oxygen atoms in total. The lowest BCUT2D eigenvalue weighted by Gasteiger charge is -2.10. The van der Waals surface area contributed by atoms with Crippen molar-refractivity contribution in [3.05, 3.63) is 24.3 Å². The van der Waals surface area contributed by atoms with Crippen molar-refractivity contribution in [2.45, 2.75) is 33.1 Å². The minimum Gasteiger partial charge on any atom is -0.493 e. The van der Waals surface area contributed by atoms with Crippen molar-refractivity contribution in [3.63, 3.8) is 0 Å². The molecule has 1 aromatic rings. The van der Waals surface area contributed by atoms with Crippen LogP contribution in [0, 0.1) is 5.92 Å². The quantitative estimate of drug-likeness (QED) is 0.663. The third-order valence-electron chi connectivity index (χ3n) is 2.56. The van der Waals surface area contributed by atoms with Gasteiger partial charge in [-0.25, -0.2) is 0 Å². The number of rotatable bonds is 8. The Bertz CT molecular complexity index is 372. The summed E-state index contributed by atoms with van der Waals surface area (Å²) in [6.45, 7) is 4.66. The van der Waals surface area contributed by atoms with E-state index in [-0.39, 0.29) is 0 Å². The molecule has 0 aliphatic carbocycles. The van der Waals surface area contributed by atoms with Crippen molar-refractivity contribution in [1.82, 2.24) is 0 Å². The molecule has 1 aromatic carbocycles. The summed E-state index contributed by atoms with van der Waals surface area (Å²) in [5, 5.41) is 0. The van der Waals surface area contributed by atoms with Gasteiger partial charge >= 0.3 is 0 Å². The second-order valence-electron chi connectivity index (χ2n) is 4.74. The number of ketones is 1. The van der Waals surface area contributed by atoms with Crippen LogP contribution in [0.1, 0.15) is 33.1 Å². The van der Waals surface area contributed by atoms with Crippen LogP contribution in [0.15, 0.2) is 24.3 Å². The zero-order chi connectivity index (χ0) is 13.4. The first kappa shape index (κ1) is 14.6. The minimum atomic E-state index is 0.314. The van der Waals surface area contributed by atoms with Crippen LogP contribution in [-0.4, -0.2) is 19.5 Å².